The molecule has 0 bridgehead atoms. The van der Waals surface area contributed by atoms with E-state index in [2.05, 4.69) is 27.0 Å². The predicted molar refractivity (Wildman–Crippen MR) is 70.5 cm³/mol. The van der Waals surface area contributed by atoms with Crippen molar-refractivity contribution >= 4 is 22.0 Å². The van der Waals surface area contributed by atoms with Crippen LogP contribution in [0.3, 0.4) is 0 Å². The molecule has 2 aliphatic rings. The number of likely N-dealkylation sites (tertiary alicyclic amines) is 1. The van der Waals surface area contributed by atoms with Crippen LogP contribution in [-0.4, -0.2) is 36.2 Å². The van der Waals surface area contributed by atoms with Crippen LogP contribution < -0.4 is 0 Å². The van der Waals surface area contributed by atoms with E-state index in [1.54, 1.807) is 4.90 Å². The van der Waals surface area contributed by atoms with E-state index in [0.717, 1.165) is 30.4 Å². The number of carbonyl (C=O) groups is 1. The molecule has 1 aliphatic carbocycles. The van der Waals surface area contributed by atoms with E-state index in [4.69, 9.17) is 4.74 Å². The van der Waals surface area contributed by atoms with Gasteiger partial charge in [0.1, 0.15) is 0 Å². The molecule has 96 valence electrons. The minimum absolute atomic E-state index is 0.219. The van der Waals surface area contributed by atoms with Crippen molar-refractivity contribution in [1.82, 2.24) is 9.88 Å². The Morgan fingerprint density at radius 3 is 3.17 bits per heavy atom. The Labute approximate surface area is 114 Å². The highest BCUT2D eigenvalue weighted by Gasteiger charge is 2.40. The number of carbonyl (C=O) groups excluding carboxylic acids is 1. The molecule has 1 amide bonds. The van der Waals surface area contributed by atoms with Crippen LogP contribution >= 0.6 is 15.9 Å². The van der Waals surface area contributed by atoms with E-state index in [-0.39, 0.29) is 6.09 Å². The van der Waals surface area contributed by atoms with Crippen molar-refractivity contribution in [3.63, 3.8) is 0 Å². The van der Waals surface area contributed by atoms with Gasteiger partial charge in [-0.1, -0.05) is 0 Å². The lowest BCUT2D eigenvalue weighted by Crippen LogP contribution is -2.28. The first-order valence-electron chi connectivity index (χ1n) is 6.16. The second kappa shape index (κ2) is 4.53. The van der Waals surface area contributed by atoms with Crippen molar-refractivity contribution in [3.8, 4) is 0 Å². The number of ether oxygens (including phenoxy) is 1. The molecule has 0 radical (unpaired) electrons. The minimum Gasteiger partial charge on any atom is -0.453 e. The topological polar surface area (TPSA) is 42.4 Å². The van der Waals surface area contributed by atoms with Crippen molar-refractivity contribution in [2.24, 2.45) is 5.92 Å². The number of halogens is 1. The van der Waals surface area contributed by atoms with Gasteiger partial charge in [-0.15, -0.1) is 0 Å². The van der Waals surface area contributed by atoms with Crippen molar-refractivity contribution in [1.29, 1.82) is 0 Å². The number of hydrogen-bond donors (Lipinski definition) is 0. The summed E-state index contributed by atoms with van der Waals surface area (Å²) in [7, 11) is 1.44. The van der Waals surface area contributed by atoms with Crippen molar-refractivity contribution in [3.05, 3.63) is 28.0 Å². The molecule has 2 unspecified atom stereocenters. The molecule has 0 spiro atoms. The zero-order chi connectivity index (χ0) is 12.7. The van der Waals surface area contributed by atoms with Crippen LogP contribution in [0.4, 0.5) is 4.79 Å². The zero-order valence-electron chi connectivity index (χ0n) is 10.2. The van der Waals surface area contributed by atoms with Crippen LogP contribution in [0.1, 0.15) is 23.6 Å². The quantitative estimate of drug-likeness (QED) is 0.739. The number of hydrogen-bond acceptors (Lipinski definition) is 3. The summed E-state index contributed by atoms with van der Waals surface area (Å²) < 4.78 is 5.84. The summed E-state index contributed by atoms with van der Waals surface area (Å²) in [5, 5.41) is 0. The summed E-state index contributed by atoms with van der Waals surface area (Å²) in [6, 6.07) is 2.15. The summed E-state index contributed by atoms with van der Waals surface area (Å²) in [6.07, 6.45) is 3.81. The van der Waals surface area contributed by atoms with Gasteiger partial charge in [-0.3, -0.25) is 4.98 Å². The summed E-state index contributed by atoms with van der Waals surface area (Å²) >= 11 is 3.46. The molecule has 2 heterocycles. The Morgan fingerprint density at radius 1 is 1.56 bits per heavy atom. The molecular formula is C13H15BrN2O2. The first kappa shape index (κ1) is 12.0. The fraction of sp³-hybridized carbons (Fsp3) is 0.538. The van der Waals surface area contributed by atoms with Gasteiger partial charge in [-0.05, 0) is 46.3 Å². The Kier molecular flexibility index (Phi) is 3.01. The van der Waals surface area contributed by atoms with Crippen molar-refractivity contribution in [2.75, 3.05) is 20.2 Å². The van der Waals surface area contributed by atoms with Gasteiger partial charge in [0.15, 0.2) is 0 Å². The average Bonchev–Trinajstić information content (AvgIpc) is 2.81. The van der Waals surface area contributed by atoms with E-state index >= 15 is 0 Å². The molecular weight excluding hydrogens is 296 g/mol. The molecule has 3 rings (SSSR count). The van der Waals surface area contributed by atoms with E-state index in [0.29, 0.717) is 11.8 Å². The number of aromatic nitrogens is 1. The largest absolute Gasteiger partial charge is 0.453 e. The van der Waals surface area contributed by atoms with E-state index in [1.807, 2.05) is 6.20 Å². The lowest BCUT2D eigenvalue weighted by molar-refractivity contribution is 0.131. The number of nitrogens with zero attached hydrogens (tertiary/aromatic N) is 2. The fourth-order valence-electron chi connectivity index (χ4n) is 3.12. The van der Waals surface area contributed by atoms with E-state index in [1.165, 1.54) is 18.4 Å². The lowest BCUT2D eigenvalue weighted by atomic mass is 9.80. The first-order valence-corrected chi connectivity index (χ1v) is 6.95. The first-order chi connectivity index (χ1) is 8.69. The maximum Gasteiger partial charge on any atom is 0.409 e. The predicted octanol–water partition coefficient (Wildman–Crippen LogP) is 2.57. The number of amides is 1. The normalized spacial score (nSPS) is 25.6. The van der Waals surface area contributed by atoms with Gasteiger partial charge in [0, 0.05) is 35.4 Å². The second-order valence-corrected chi connectivity index (χ2v) is 5.89. The van der Waals surface area contributed by atoms with Crippen LogP contribution in [0.2, 0.25) is 0 Å². The Balaban J connectivity index is 1.88. The third kappa shape index (κ3) is 1.90. The minimum atomic E-state index is -0.219. The SMILES string of the molecule is COC(=O)N1CC2CCc3cc(Br)cnc3C2C1. The summed E-state index contributed by atoms with van der Waals surface area (Å²) in [5.41, 5.74) is 2.48. The Hall–Kier alpha value is -1.10. The average molecular weight is 311 g/mol. The van der Waals surface area contributed by atoms with Gasteiger partial charge in [0.05, 0.1) is 7.11 Å². The van der Waals surface area contributed by atoms with Gasteiger partial charge >= 0.3 is 6.09 Å². The zero-order valence-corrected chi connectivity index (χ0v) is 11.8. The summed E-state index contributed by atoms with van der Waals surface area (Å²) in [6.45, 7) is 1.54. The number of pyridine rings is 1. The molecule has 1 aromatic rings. The third-order valence-corrected chi connectivity index (χ3v) is 4.41. The highest BCUT2D eigenvalue weighted by molar-refractivity contribution is 9.10. The number of methoxy groups -OCH3 is 1. The molecule has 1 fully saturated rings. The molecule has 1 aliphatic heterocycles. The van der Waals surface area contributed by atoms with Crippen molar-refractivity contribution in [2.45, 2.75) is 18.8 Å². The molecule has 0 saturated carbocycles. The van der Waals surface area contributed by atoms with E-state index < -0.39 is 0 Å². The molecule has 18 heavy (non-hydrogen) atoms. The second-order valence-electron chi connectivity index (χ2n) is 4.98. The smallest absolute Gasteiger partial charge is 0.409 e. The van der Waals surface area contributed by atoms with Crippen molar-refractivity contribution < 1.29 is 9.53 Å². The number of rotatable bonds is 0. The standard InChI is InChI=1S/C13H15BrN2O2/c1-18-13(17)16-6-9-3-2-8-4-10(14)5-15-12(8)11(9)7-16/h4-5,9,11H,2-3,6-7H2,1H3. The van der Waals surface area contributed by atoms with Crippen LogP contribution in [0.25, 0.3) is 0 Å². The summed E-state index contributed by atoms with van der Waals surface area (Å²) in [4.78, 5) is 18.0. The van der Waals surface area contributed by atoms with Crippen LogP contribution in [0.5, 0.6) is 0 Å². The fourth-order valence-corrected chi connectivity index (χ4v) is 3.50. The van der Waals surface area contributed by atoms with Crippen LogP contribution in [0, 0.1) is 5.92 Å². The molecule has 5 heteroatoms. The Morgan fingerprint density at radius 2 is 2.39 bits per heavy atom. The van der Waals surface area contributed by atoms with Crippen LogP contribution in [-0.2, 0) is 11.2 Å². The van der Waals surface area contributed by atoms with Crippen LogP contribution in [0.15, 0.2) is 16.7 Å². The molecule has 0 N–H and O–H groups in total. The van der Waals surface area contributed by atoms with Gasteiger partial charge in [-0.2, -0.15) is 0 Å². The molecule has 4 nitrogen and oxygen atoms in total. The maximum absolute atomic E-state index is 11.6. The third-order valence-electron chi connectivity index (χ3n) is 3.98. The Bertz CT molecular complexity index is 492. The molecule has 0 aromatic carbocycles. The molecule has 2 atom stereocenters. The van der Waals surface area contributed by atoms with E-state index in [9.17, 15) is 4.79 Å². The van der Waals surface area contributed by atoms with Gasteiger partial charge in [0.2, 0.25) is 0 Å². The maximum atomic E-state index is 11.6. The number of aryl methyl sites for hydroxylation is 1. The lowest BCUT2D eigenvalue weighted by Gasteiger charge is -2.25. The van der Waals surface area contributed by atoms with Gasteiger partial charge < -0.3 is 9.64 Å². The highest BCUT2D eigenvalue weighted by Crippen LogP contribution is 2.40. The van der Waals surface area contributed by atoms with Gasteiger partial charge in [-0.25, -0.2) is 4.79 Å². The van der Waals surface area contributed by atoms with Gasteiger partial charge in [0.25, 0.3) is 0 Å². The number of fused-ring (bicyclic) bond motifs is 3. The molecule has 1 aromatic heterocycles. The monoisotopic (exact) mass is 310 g/mol. The summed E-state index contributed by atoms with van der Waals surface area (Å²) in [5.74, 6) is 0.909. The highest BCUT2D eigenvalue weighted by atomic mass is 79.9. The molecule has 1 saturated heterocycles.